The molecule has 0 fully saturated rings. The van der Waals surface area contributed by atoms with Gasteiger partial charge < -0.3 is 14.0 Å². The van der Waals surface area contributed by atoms with Gasteiger partial charge in [-0.1, -0.05) is 143 Å². The largest absolute Gasteiger partial charge is 0.493 e. The third-order valence-corrected chi connectivity index (χ3v) is 11.9. The summed E-state index contributed by atoms with van der Waals surface area (Å²) in [6, 6.07) is 19.8. The number of hydrogen-bond donors (Lipinski definition) is 0. The van der Waals surface area contributed by atoms with Crippen molar-refractivity contribution in [2.45, 2.75) is 125 Å². The number of hydrogen-bond acceptors (Lipinski definition) is 3. The molecule has 0 aliphatic rings. The van der Waals surface area contributed by atoms with Crippen molar-refractivity contribution in [3.05, 3.63) is 63.5 Å². The maximum Gasteiger partial charge on any atom is 0.144 e. The van der Waals surface area contributed by atoms with E-state index in [1.54, 1.807) is 0 Å². The lowest BCUT2D eigenvalue weighted by Crippen LogP contribution is -2.14. The van der Waals surface area contributed by atoms with E-state index < -0.39 is 0 Å². The smallest absolute Gasteiger partial charge is 0.144 e. The molecule has 5 rings (SSSR count). The second-order valence-electron chi connectivity index (χ2n) is 14.7. The zero-order valence-corrected chi connectivity index (χ0v) is 35.2. The van der Waals surface area contributed by atoms with Crippen LogP contribution in [0.1, 0.15) is 119 Å². The van der Waals surface area contributed by atoms with Crippen LogP contribution in [-0.4, -0.2) is 22.8 Å². The van der Waals surface area contributed by atoms with Crippen molar-refractivity contribution in [2.24, 2.45) is 17.8 Å². The zero-order valence-electron chi connectivity index (χ0n) is 32.0. The lowest BCUT2D eigenvalue weighted by Gasteiger charge is -2.22. The van der Waals surface area contributed by atoms with Gasteiger partial charge in [-0.05, 0) is 84.2 Å². The molecule has 0 saturated carbocycles. The Hall–Kier alpha value is -2.57. The normalized spacial score (nSPS) is 13.6. The first kappa shape index (κ1) is 39.6. The molecule has 0 aliphatic heterocycles. The van der Waals surface area contributed by atoms with Crippen LogP contribution in [0, 0.1) is 17.8 Å². The highest BCUT2D eigenvalue weighted by Gasteiger charge is 2.24. The fraction of sp³-hybridized carbons (Fsp3) is 0.533. The first-order chi connectivity index (χ1) is 24.8. The van der Waals surface area contributed by atoms with E-state index in [1.165, 1.54) is 84.8 Å². The van der Waals surface area contributed by atoms with Crippen LogP contribution in [0.3, 0.4) is 0 Å². The SMILES string of the molecule is CCCCC(CC)COc1ccc(-c2nc3c4cc(Br)ccc4c4ccc(Br)cc4c3n2CC(CC)CCCC)c(OCC(CC)CCCC)c1. The van der Waals surface area contributed by atoms with Crippen LogP contribution in [0.25, 0.3) is 44.0 Å². The molecule has 3 unspecified atom stereocenters. The Labute approximate surface area is 324 Å². The summed E-state index contributed by atoms with van der Waals surface area (Å²) in [6.07, 6.45) is 14.3. The van der Waals surface area contributed by atoms with Crippen LogP contribution < -0.4 is 9.47 Å². The number of imidazole rings is 1. The number of aromatic nitrogens is 2. The summed E-state index contributed by atoms with van der Waals surface area (Å²) < 4.78 is 18.1. The maximum atomic E-state index is 6.89. The summed E-state index contributed by atoms with van der Waals surface area (Å²) in [5.41, 5.74) is 3.28. The van der Waals surface area contributed by atoms with E-state index in [9.17, 15) is 0 Å². The van der Waals surface area contributed by atoms with E-state index in [2.05, 4.69) is 133 Å². The van der Waals surface area contributed by atoms with Crippen LogP contribution >= 0.6 is 31.9 Å². The molecular weight excluding hydrogens is 760 g/mol. The van der Waals surface area contributed by atoms with Crippen molar-refractivity contribution >= 4 is 64.4 Å². The number of rotatable bonds is 21. The summed E-state index contributed by atoms with van der Waals surface area (Å²) in [7, 11) is 0. The minimum absolute atomic E-state index is 0.515. The Morgan fingerprint density at radius 1 is 0.608 bits per heavy atom. The highest BCUT2D eigenvalue weighted by Crippen LogP contribution is 2.42. The van der Waals surface area contributed by atoms with E-state index in [0.717, 1.165) is 69.8 Å². The molecule has 0 bridgehead atoms. The molecule has 4 aromatic carbocycles. The van der Waals surface area contributed by atoms with Crippen molar-refractivity contribution < 1.29 is 9.47 Å². The van der Waals surface area contributed by atoms with Crippen LogP contribution in [0.2, 0.25) is 0 Å². The molecule has 0 amide bonds. The minimum atomic E-state index is 0.515. The van der Waals surface area contributed by atoms with Crippen LogP contribution in [0.5, 0.6) is 11.5 Å². The first-order valence-electron chi connectivity index (χ1n) is 20.0. The second-order valence-corrected chi connectivity index (χ2v) is 16.5. The molecule has 0 N–H and O–H groups in total. The lowest BCUT2D eigenvalue weighted by atomic mass is 9.97. The predicted octanol–water partition coefficient (Wildman–Crippen LogP) is 14.9. The number of halogens is 2. The van der Waals surface area contributed by atoms with Crippen LogP contribution in [0.4, 0.5) is 0 Å². The van der Waals surface area contributed by atoms with Crippen molar-refractivity contribution in [3.63, 3.8) is 0 Å². The molecule has 4 nitrogen and oxygen atoms in total. The number of benzene rings is 4. The van der Waals surface area contributed by atoms with Gasteiger partial charge >= 0.3 is 0 Å². The highest BCUT2D eigenvalue weighted by atomic mass is 79.9. The molecule has 0 spiro atoms. The maximum absolute atomic E-state index is 6.89. The number of fused-ring (bicyclic) bond motifs is 6. The molecule has 3 atom stereocenters. The van der Waals surface area contributed by atoms with Crippen molar-refractivity contribution in [1.29, 1.82) is 0 Å². The Morgan fingerprint density at radius 2 is 1.16 bits per heavy atom. The van der Waals surface area contributed by atoms with E-state index >= 15 is 0 Å². The standard InChI is InChI=1S/C45H60Br2N2O2/c1-7-13-16-31(10-4)28-49-44-41-26-35(47)20-23-38(41)37-22-19-34(46)25-40(37)43(44)48-45(49)39-24-21-36(50-29-32(11-5)17-14-8-2)27-42(39)51-30-33(12-6)18-15-9-3/h19-27,31-33H,7-18,28-30H2,1-6H3. The molecule has 51 heavy (non-hydrogen) atoms. The molecule has 1 heterocycles. The molecule has 5 aromatic rings. The summed E-state index contributed by atoms with van der Waals surface area (Å²) in [4.78, 5) is 5.61. The summed E-state index contributed by atoms with van der Waals surface area (Å²) >= 11 is 7.61. The molecule has 276 valence electrons. The van der Waals surface area contributed by atoms with E-state index in [-0.39, 0.29) is 0 Å². The molecule has 6 heteroatoms. The first-order valence-corrected chi connectivity index (χ1v) is 21.5. The number of ether oxygens (including phenoxy) is 2. The topological polar surface area (TPSA) is 36.3 Å². The van der Waals surface area contributed by atoms with E-state index in [1.807, 2.05) is 0 Å². The van der Waals surface area contributed by atoms with Gasteiger partial charge in [0.25, 0.3) is 0 Å². The fourth-order valence-corrected chi connectivity index (χ4v) is 8.20. The lowest BCUT2D eigenvalue weighted by molar-refractivity contribution is 0.223. The molecule has 0 aliphatic carbocycles. The Morgan fingerprint density at radius 3 is 1.75 bits per heavy atom. The van der Waals surface area contributed by atoms with Gasteiger partial charge in [0.1, 0.15) is 17.3 Å². The third-order valence-electron chi connectivity index (χ3n) is 11.0. The summed E-state index contributed by atoms with van der Waals surface area (Å²) in [5.74, 6) is 4.35. The third kappa shape index (κ3) is 9.71. The average Bonchev–Trinajstić information content (AvgIpc) is 3.52. The highest BCUT2D eigenvalue weighted by molar-refractivity contribution is 9.10. The second kappa shape index (κ2) is 19.5. The quantitative estimate of drug-likeness (QED) is 0.0692. The Balaban J connectivity index is 1.72. The van der Waals surface area contributed by atoms with E-state index in [0.29, 0.717) is 24.4 Å². The van der Waals surface area contributed by atoms with Gasteiger partial charge in [-0.3, -0.25) is 0 Å². The van der Waals surface area contributed by atoms with Gasteiger partial charge in [0.15, 0.2) is 0 Å². The summed E-state index contributed by atoms with van der Waals surface area (Å²) in [6.45, 7) is 16.1. The number of unbranched alkanes of at least 4 members (excludes halogenated alkanes) is 3. The monoisotopic (exact) mass is 818 g/mol. The molecule has 1 aromatic heterocycles. The molecular formula is C45H60Br2N2O2. The van der Waals surface area contributed by atoms with Crippen LogP contribution in [-0.2, 0) is 6.54 Å². The van der Waals surface area contributed by atoms with Gasteiger partial charge in [0, 0.05) is 32.3 Å². The van der Waals surface area contributed by atoms with Gasteiger partial charge in [0.05, 0.1) is 29.8 Å². The minimum Gasteiger partial charge on any atom is -0.493 e. The number of nitrogens with zero attached hydrogens (tertiary/aromatic N) is 2. The van der Waals surface area contributed by atoms with Gasteiger partial charge in [0.2, 0.25) is 0 Å². The predicted molar refractivity (Wildman–Crippen MR) is 226 cm³/mol. The van der Waals surface area contributed by atoms with Crippen molar-refractivity contribution in [2.75, 3.05) is 13.2 Å². The Bertz CT molecular complexity index is 1860. The Kier molecular flexibility index (Phi) is 15.1. The summed E-state index contributed by atoms with van der Waals surface area (Å²) in [5, 5.41) is 4.86. The van der Waals surface area contributed by atoms with Gasteiger partial charge in [-0.25, -0.2) is 4.98 Å². The van der Waals surface area contributed by atoms with Crippen molar-refractivity contribution in [1.82, 2.24) is 9.55 Å². The van der Waals surface area contributed by atoms with Crippen molar-refractivity contribution in [3.8, 4) is 22.9 Å². The molecule has 0 saturated heterocycles. The van der Waals surface area contributed by atoms with Gasteiger partial charge in [-0.2, -0.15) is 0 Å². The zero-order chi connectivity index (χ0) is 36.3. The van der Waals surface area contributed by atoms with Gasteiger partial charge in [-0.15, -0.1) is 0 Å². The molecule has 0 radical (unpaired) electrons. The van der Waals surface area contributed by atoms with E-state index in [4.69, 9.17) is 14.5 Å². The average molecular weight is 821 g/mol. The van der Waals surface area contributed by atoms with Crippen LogP contribution in [0.15, 0.2) is 63.5 Å². The fourth-order valence-electron chi connectivity index (χ4n) is 7.48.